The second-order valence-corrected chi connectivity index (χ2v) is 2.89. The Morgan fingerprint density at radius 3 is 2.75 bits per heavy atom. The van der Waals surface area contributed by atoms with E-state index in [-0.39, 0.29) is 15.5 Å². The smallest absolute Gasteiger partial charge is 0.272 e. The highest BCUT2D eigenvalue weighted by molar-refractivity contribution is 6.24. The summed E-state index contributed by atoms with van der Waals surface area (Å²) >= 11 is 0. The summed E-state index contributed by atoms with van der Waals surface area (Å²) in [4.78, 5) is 18.6. The lowest BCUT2D eigenvalue weighted by Gasteiger charge is -1.97. The Balaban J connectivity index is 3.00. The summed E-state index contributed by atoms with van der Waals surface area (Å²) in [6.45, 7) is 0. The fourth-order valence-corrected chi connectivity index (χ4v) is 1.39. The number of rotatable bonds is 3. The van der Waals surface area contributed by atoms with Gasteiger partial charge in [-0.25, -0.2) is 0 Å². The average Bonchev–Trinajstić information content (AvgIpc) is 2.05. The van der Waals surface area contributed by atoms with Gasteiger partial charge in [-0.15, -0.1) is 0 Å². The largest absolute Gasteiger partial charge is 0.431 e. The Labute approximate surface area is 71.9 Å². The monoisotopic (exact) mass is 181 g/mol. The maximum atomic E-state index is 10.4. The van der Waals surface area contributed by atoms with Crippen LogP contribution in [-0.2, 0) is 6.04 Å². The first-order chi connectivity index (χ1) is 5.75. The zero-order valence-electron chi connectivity index (χ0n) is 6.23. The fraction of sp³-hybridized carbons (Fsp3) is 0.143. The standard InChI is InChI=1S/C7H7NO3Si/c9-8(10)7-4-2-1-3-6(7)5-12-11/h1-4,11H,5H2. The molecule has 0 saturated heterocycles. The first-order valence-corrected chi connectivity index (χ1v) is 4.50. The van der Waals surface area contributed by atoms with Gasteiger partial charge in [0.2, 0.25) is 9.76 Å². The van der Waals surface area contributed by atoms with Gasteiger partial charge in [0, 0.05) is 11.6 Å². The normalized spacial score (nSPS) is 9.75. The number of nitrogens with zero attached hydrogens (tertiary/aromatic N) is 1. The highest BCUT2D eigenvalue weighted by atomic mass is 28.2. The topological polar surface area (TPSA) is 63.4 Å². The Morgan fingerprint density at radius 2 is 2.17 bits per heavy atom. The van der Waals surface area contributed by atoms with Gasteiger partial charge in [-0.2, -0.15) is 0 Å². The molecule has 2 radical (unpaired) electrons. The summed E-state index contributed by atoms with van der Waals surface area (Å²) in [5.74, 6) is 0. The third-order valence-corrected chi connectivity index (χ3v) is 2.00. The maximum Gasteiger partial charge on any atom is 0.272 e. The maximum absolute atomic E-state index is 10.4. The van der Waals surface area contributed by atoms with E-state index in [4.69, 9.17) is 4.80 Å². The van der Waals surface area contributed by atoms with Crippen molar-refractivity contribution >= 4 is 15.5 Å². The van der Waals surface area contributed by atoms with Crippen molar-refractivity contribution < 1.29 is 9.72 Å². The molecule has 0 aliphatic rings. The quantitative estimate of drug-likeness (QED) is 0.424. The second kappa shape index (κ2) is 3.98. The van der Waals surface area contributed by atoms with Crippen molar-refractivity contribution in [1.29, 1.82) is 0 Å². The van der Waals surface area contributed by atoms with E-state index in [2.05, 4.69) is 0 Å². The minimum absolute atomic E-state index is 0.0825. The molecule has 0 fully saturated rings. The van der Waals surface area contributed by atoms with Crippen LogP contribution >= 0.6 is 0 Å². The number of benzene rings is 1. The lowest BCUT2D eigenvalue weighted by Crippen LogP contribution is -1.99. The van der Waals surface area contributed by atoms with Crippen LogP contribution in [0, 0.1) is 10.1 Å². The van der Waals surface area contributed by atoms with E-state index in [0.29, 0.717) is 11.6 Å². The molecular weight excluding hydrogens is 174 g/mol. The van der Waals surface area contributed by atoms with Crippen LogP contribution < -0.4 is 0 Å². The zero-order valence-corrected chi connectivity index (χ0v) is 7.23. The van der Waals surface area contributed by atoms with Crippen molar-refractivity contribution in [2.75, 3.05) is 0 Å². The molecule has 0 unspecified atom stereocenters. The van der Waals surface area contributed by atoms with Crippen molar-refractivity contribution in [3.05, 3.63) is 39.9 Å². The van der Waals surface area contributed by atoms with Crippen LogP contribution in [0.1, 0.15) is 5.56 Å². The van der Waals surface area contributed by atoms with E-state index in [0.717, 1.165) is 0 Å². The molecule has 0 atom stereocenters. The molecule has 0 spiro atoms. The lowest BCUT2D eigenvalue weighted by molar-refractivity contribution is -0.385. The summed E-state index contributed by atoms with van der Waals surface area (Å²) in [5.41, 5.74) is 0.669. The Bertz CT molecular complexity index is 290. The van der Waals surface area contributed by atoms with E-state index in [1.54, 1.807) is 18.2 Å². The molecule has 0 saturated carbocycles. The third-order valence-electron chi connectivity index (χ3n) is 1.46. The average molecular weight is 181 g/mol. The highest BCUT2D eigenvalue weighted by Gasteiger charge is 2.10. The van der Waals surface area contributed by atoms with E-state index >= 15 is 0 Å². The van der Waals surface area contributed by atoms with Crippen molar-refractivity contribution in [2.24, 2.45) is 0 Å². The van der Waals surface area contributed by atoms with Crippen LogP contribution in [0.25, 0.3) is 0 Å². The van der Waals surface area contributed by atoms with Crippen molar-refractivity contribution in [1.82, 2.24) is 0 Å². The molecule has 0 amide bonds. The number of nitro benzene ring substituents is 1. The van der Waals surface area contributed by atoms with Crippen molar-refractivity contribution in [2.45, 2.75) is 6.04 Å². The van der Waals surface area contributed by atoms with E-state index in [9.17, 15) is 10.1 Å². The van der Waals surface area contributed by atoms with Crippen LogP contribution in [0.15, 0.2) is 24.3 Å². The molecule has 5 heteroatoms. The molecule has 0 aliphatic carbocycles. The van der Waals surface area contributed by atoms with Crippen LogP contribution in [0.4, 0.5) is 5.69 Å². The van der Waals surface area contributed by atoms with E-state index < -0.39 is 4.92 Å². The van der Waals surface area contributed by atoms with Gasteiger partial charge >= 0.3 is 0 Å². The number of nitro groups is 1. The van der Waals surface area contributed by atoms with Crippen LogP contribution in [-0.4, -0.2) is 19.5 Å². The fourth-order valence-electron chi connectivity index (χ4n) is 0.924. The van der Waals surface area contributed by atoms with Crippen LogP contribution in [0.3, 0.4) is 0 Å². The van der Waals surface area contributed by atoms with Gasteiger partial charge in [0.05, 0.1) is 4.92 Å². The lowest BCUT2D eigenvalue weighted by atomic mass is 10.2. The number of hydrogen-bond acceptors (Lipinski definition) is 3. The van der Waals surface area contributed by atoms with E-state index in [1.807, 2.05) is 0 Å². The number of hydrogen-bond donors (Lipinski definition) is 1. The first kappa shape index (κ1) is 8.89. The minimum atomic E-state index is -0.435. The predicted molar refractivity (Wildman–Crippen MR) is 44.8 cm³/mol. The van der Waals surface area contributed by atoms with Crippen LogP contribution in [0.5, 0.6) is 0 Å². The van der Waals surface area contributed by atoms with Gasteiger partial charge in [-0.05, 0) is 6.04 Å². The van der Waals surface area contributed by atoms with Gasteiger partial charge in [0.25, 0.3) is 5.69 Å². The molecule has 1 aromatic rings. The Hall–Kier alpha value is -1.20. The van der Waals surface area contributed by atoms with Gasteiger partial charge in [-0.1, -0.05) is 18.2 Å². The highest BCUT2D eigenvalue weighted by Crippen LogP contribution is 2.16. The molecule has 0 heterocycles. The number of para-hydroxylation sites is 1. The Kier molecular flexibility index (Phi) is 2.95. The van der Waals surface area contributed by atoms with Gasteiger partial charge < -0.3 is 4.80 Å². The Morgan fingerprint density at radius 1 is 1.50 bits per heavy atom. The van der Waals surface area contributed by atoms with E-state index in [1.165, 1.54) is 6.07 Å². The van der Waals surface area contributed by atoms with Crippen molar-refractivity contribution in [3.63, 3.8) is 0 Å². The van der Waals surface area contributed by atoms with Gasteiger partial charge in [0.1, 0.15) is 0 Å². The second-order valence-electron chi connectivity index (χ2n) is 2.22. The zero-order chi connectivity index (χ0) is 8.97. The molecule has 62 valence electrons. The molecule has 4 nitrogen and oxygen atoms in total. The summed E-state index contributed by atoms with van der Waals surface area (Å²) in [6.07, 6.45) is 0. The van der Waals surface area contributed by atoms with Crippen molar-refractivity contribution in [3.8, 4) is 0 Å². The molecule has 1 aromatic carbocycles. The molecule has 0 bridgehead atoms. The van der Waals surface area contributed by atoms with Gasteiger partial charge in [0.15, 0.2) is 0 Å². The molecular formula is C7H7NO3Si. The summed E-state index contributed by atoms with van der Waals surface area (Å²) in [5, 5.41) is 10.4. The molecule has 12 heavy (non-hydrogen) atoms. The summed E-state index contributed by atoms with van der Waals surface area (Å²) in [6, 6.07) is 6.79. The van der Waals surface area contributed by atoms with Crippen LogP contribution in [0.2, 0.25) is 0 Å². The summed E-state index contributed by atoms with van der Waals surface area (Å²) in [7, 11) is -0.280. The third kappa shape index (κ3) is 1.90. The van der Waals surface area contributed by atoms with Gasteiger partial charge in [-0.3, -0.25) is 10.1 Å². The SMILES string of the molecule is O=[N+]([O-])c1ccccc1C[Si]O. The molecule has 0 aromatic heterocycles. The molecule has 1 rings (SSSR count). The first-order valence-electron chi connectivity index (χ1n) is 3.35. The molecule has 0 aliphatic heterocycles. The minimum Gasteiger partial charge on any atom is -0.431 e. The molecule has 1 N–H and O–H groups in total. The summed E-state index contributed by atoms with van der Waals surface area (Å²) < 4.78 is 0. The predicted octanol–water partition coefficient (Wildman–Crippen LogP) is 0.706.